The molecule has 0 unspecified atom stereocenters. The minimum atomic E-state index is -0.779. The molecule has 0 saturated heterocycles. The lowest BCUT2D eigenvalue weighted by molar-refractivity contribution is 0.103. The molecule has 1 heterocycles. The first-order valence-electron chi connectivity index (χ1n) is 6.93. The molecule has 0 atom stereocenters. The van der Waals surface area contributed by atoms with E-state index in [0.717, 1.165) is 29.5 Å². The summed E-state index contributed by atoms with van der Waals surface area (Å²) < 4.78 is 39.4. The Morgan fingerprint density at radius 3 is 2.25 bits per heavy atom. The van der Waals surface area contributed by atoms with Crippen LogP contribution in [0.1, 0.15) is 15.4 Å². The summed E-state index contributed by atoms with van der Waals surface area (Å²) in [4.78, 5) is 16.9. The summed E-state index contributed by atoms with van der Waals surface area (Å²) in [6, 6.07) is 8.52. The van der Waals surface area contributed by atoms with Gasteiger partial charge in [-0.3, -0.25) is 4.79 Å². The number of nitrogens with one attached hydrogen (secondary N) is 1. The van der Waals surface area contributed by atoms with Crippen molar-refractivity contribution >= 4 is 22.9 Å². The molecule has 122 valence electrons. The number of aromatic nitrogens is 1. The quantitative estimate of drug-likeness (QED) is 0.739. The molecule has 0 aliphatic carbocycles. The highest BCUT2D eigenvalue weighted by molar-refractivity contribution is 7.17. The van der Waals surface area contributed by atoms with Crippen molar-refractivity contribution in [2.75, 3.05) is 5.32 Å². The van der Waals surface area contributed by atoms with Crippen molar-refractivity contribution in [3.8, 4) is 10.6 Å². The molecule has 0 aliphatic rings. The zero-order valence-electron chi connectivity index (χ0n) is 12.4. The monoisotopic (exact) mass is 348 g/mol. The van der Waals surface area contributed by atoms with E-state index in [1.54, 1.807) is 19.1 Å². The van der Waals surface area contributed by atoms with Crippen LogP contribution in [0, 0.1) is 24.4 Å². The van der Waals surface area contributed by atoms with Crippen LogP contribution in [0.3, 0.4) is 0 Å². The summed E-state index contributed by atoms with van der Waals surface area (Å²) in [6.07, 6.45) is 0. The number of carbonyl (C=O) groups excluding carboxylic acids is 1. The molecule has 3 rings (SSSR count). The Balaban J connectivity index is 1.86. The zero-order valence-corrected chi connectivity index (χ0v) is 13.3. The van der Waals surface area contributed by atoms with Gasteiger partial charge >= 0.3 is 0 Å². The second kappa shape index (κ2) is 6.45. The molecule has 0 fully saturated rings. The molecule has 0 aliphatic heterocycles. The number of anilines is 1. The summed E-state index contributed by atoms with van der Waals surface area (Å²) in [5.41, 5.74) is 1.18. The van der Waals surface area contributed by atoms with Gasteiger partial charge in [-0.05, 0) is 43.3 Å². The molecule has 0 saturated carbocycles. The number of carbonyl (C=O) groups is 1. The molecule has 1 amide bonds. The normalized spacial score (nSPS) is 10.7. The van der Waals surface area contributed by atoms with Gasteiger partial charge in [0.1, 0.15) is 27.3 Å². The van der Waals surface area contributed by atoms with E-state index in [1.807, 2.05) is 0 Å². The number of rotatable bonds is 3. The van der Waals surface area contributed by atoms with E-state index in [9.17, 15) is 18.0 Å². The topological polar surface area (TPSA) is 42.0 Å². The first-order chi connectivity index (χ1) is 11.4. The Bertz CT molecular complexity index is 886. The summed E-state index contributed by atoms with van der Waals surface area (Å²) in [7, 11) is 0. The predicted molar refractivity (Wildman–Crippen MR) is 86.6 cm³/mol. The van der Waals surface area contributed by atoms with E-state index in [-0.39, 0.29) is 11.5 Å². The molecule has 3 nitrogen and oxygen atoms in total. The van der Waals surface area contributed by atoms with Gasteiger partial charge in [0, 0.05) is 17.3 Å². The Labute approximate surface area is 139 Å². The number of thiazole rings is 1. The van der Waals surface area contributed by atoms with Crippen LogP contribution < -0.4 is 5.32 Å². The third kappa shape index (κ3) is 3.46. The van der Waals surface area contributed by atoms with E-state index < -0.39 is 17.5 Å². The second-order valence-corrected chi connectivity index (χ2v) is 6.05. The maximum absolute atomic E-state index is 13.2. The molecule has 0 radical (unpaired) electrons. The molecule has 0 spiro atoms. The Hall–Kier alpha value is -2.67. The van der Waals surface area contributed by atoms with Gasteiger partial charge in [0.25, 0.3) is 5.91 Å². The summed E-state index contributed by atoms with van der Waals surface area (Å²) in [5.74, 6) is -2.43. The fourth-order valence-corrected chi connectivity index (χ4v) is 3.10. The first-order valence-corrected chi connectivity index (χ1v) is 7.75. The molecule has 24 heavy (non-hydrogen) atoms. The van der Waals surface area contributed by atoms with Crippen molar-refractivity contribution in [3.63, 3.8) is 0 Å². The Morgan fingerprint density at radius 1 is 1.00 bits per heavy atom. The molecule has 0 bridgehead atoms. The highest BCUT2D eigenvalue weighted by Crippen LogP contribution is 2.28. The third-order valence-corrected chi connectivity index (χ3v) is 4.42. The number of nitrogens with zero attached hydrogens (tertiary/aromatic N) is 1. The van der Waals surface area contributed by atoms with Gasteiger partial charge in [0.2, 0.25) is 0 Å². The van der Waals surface area contributed by atoms with Gasteiger partial charge in [0.15, 0.2) is 0 Å². The number of halogens is 3. The van der Waals surface area contributed by atoms with Gasteiger partial charge in [-0.1, -0.05) is 0 Å². The van der Waals surface area contributed by atoms with Crippen molar-refractivity contribution < 1.29 is 18.0 Å². The maximum Gasteiger partial charge on any atom is 0.267 e. The minimum Gasteiger partial charge on any atom is -0.321 e. The zero-order chi connectivity index (χ0) is 17.3. The summed E-state index contributed by atoms with van der Waals surface area (Å²) >= 11 is 1.12. The lowest BCUT2D eigenvalue weighted by atomic mass is 10.2. The third-order valence-electron chi connectivity index (χ3n) is 3.21. The van der Waals surface area contributed by atoms with Crippen molar-refractivity contribution in [3.05, 3.63) is 70.5 Å². The van der Waals surface area contributed by atoms with Gasteiger partial charge in [0.05, 0.1) is 5.69 Å². The number of aryl methyl sites for hydroxylation is 1. The highest BCUT2D eigenvalue weighted by Gasteiger charge is 2.17. The van der Waals surface area contributed by atoms with Crippen LogP contribution in [-0.2, 0) is 0 Å². The lowest BCUT2D eigenvalue weighted by Crippen LogP contribution is -2.11. The molecule has 2 aromatic carbocycles. The van der Waals surface area contributed by atoms with E-state index in [1.165, 1.54) is 12.1 Å². The first kappa shape index (κ1) is 16.2. The smallest absolute Gasteiger partial charge is 0.267 e. The predicted octanol–water partition coefficient (Wildman–Crippen LogP) is 4.79. The molecule has 7 heteroatoms. The van der Waals surface area contributed by atoms with Crippen molar-refractivity contribution in [1.82, 2.24) is 4.98 Å². The van der Waals surface area contributed by atoms with Crippen LogP contribution in [0.25, 0.3) is 10.6 Å². The number of benzene rings is 2. The molecular formula is C17H11F3N2OS. The van der Waals surface area contributed by atoms with Crippen LogP contribution in [0.5, 0.6) is 0 Å². The van der Waals surface area contributed by atoms with Crippen molar-refractivity contribution in [2.24, 2.45) is 0 Å². The number of hydrogen-bond donors (Lipinski definition) is 1. The van der Waals surface area contributed by atoms with E-state index in [2.05, 4.69) is 10.3 Å². The molecule has 1 N–H and O–H groups in total. The van der Waals surface area contributed by atoms with Gasteiger partial charge < -0.3 is 5.32 Å². The van der Waals surface area contributed by atoms with Crippen molar-refractivity contribution in [2.45, 2.75) is 6.92 Å². The maximum atomic E-state index is 13.2. The Kier molecular flexibility index (Phi) is 4.35. The Morgan fingerprint density at radius 2 is 1.62 bits per heavy atom. The average molecular weight is 348 g/mol. The van der Waals surface area contributed by atoms with E-state index in [0.29, 0.717) is 21.1 Å². The van der Waals surface area contributed by atoms with E-state index >= 15 is 0 Å². The van der Waals surface area contributed by atoms with Crippen LogP contribution in [0.4, 0.5) is 18.9 Å². The standard InChI is InChI=1S/C17H11F3N2OS/c1-9-15(16(23)22-14-7-12(19)6-13(20)8-14)24-17(21-9)10-2-4-11(18)5-3-10/h2-8H,1H3,(H,22,23). The van der Waals surface area contributed by atoms with Crippen LogP contribution >= 0.6 is 11.3 Å². The summed E-state index contributed by atoms with van der Waals surface area (Å²) in [5, 5.41) is 3.00. The fraction of sp³-hybridized carbons (Fsp3) is 0.0588. The SMILES string of the molecule is Cc1nc(-c2ccc(F)cc2)sc1C(=O)Nc1cc(F)cc(F)c1. The number of amides is 1. The van der Waals surface area contributed by atoms with Gasteiger partial charge in [-0.25, -0.2) is 18.2 Å². The van der Waals surface area contributed by atoms with Gasteiger partial charge in [-0.15, -0.1) is 11.3 Å². The van der Waals surface area contributed by atoms with Crippen LogP contribution in [-0.4, -0.2) is 10.9 Å². The second-order valence-electron chi connectivity index (χ2n) is 5.05. The van der Waals surface area contributed by atoms with Crippen molar-refractivity contribution in [1.29, 1.82) is 0 Å². The largest absolute Gasteiger partial charge is 0.321 e. The molecule has 1 aromatic heterocycles. The van der Waals surface area contributed by atoms with E-state index in [4.69, 9.17) is 0 Å². The highest BCUT2D eigenvalue weighted by atomic mass is 32.1. The lowest BCUT2D eigenvalue weighted by Gasteiger charge is -2.04. The molecular weight excluding hydrogens is 337 g/mol. The van der Waals surface area contributed by atoms with Crippen LogP contribution in [0.2, 0.25) is 0 Å². The number of hydrogen-bond acceptors (Lipinski definition) is 3. The molecule has 3 aromatic rings. The van der Waals surface area contributed by atoms with Crippen LogP contribution in [0.15, 0.2) is 42.5 Å². The van der Waals surface area contributed by atoms with Gasteiger partial charge in [-0.2, -0.15) is 0 Å². The fourth-order valence-electron chi connectivity index (χ4n) is 2.14. The minimum absolute atomic E-state index is 0.0219. The summed E-state index contributed by atoms with van der Waals surface area (Å²) in [6.45, 7) is 1.66. The average Bonchev–Trinajstić information content (AvgIpc) is 2.89.